The van der Waals surface area contributed by atoms with Gasteiger partial charge in [0.1, 0.15) is 5.82 Å². The molecule has 0 atom stereocenters. The smallest absolute Gasteiger partial charge is 0.195 e. The van der Waals surface area contributed by atoms with Gasteiger partial charge in [-0.3, -0.25) is 4.79 Å². The molecule has 3 heteroatoms. The molecule has 2 nitrogen and oxygen atoms in total. The van der Waals surface area contributed by atoms with Crippen molar-refractivity contribution in [1.82, 2.24) is 0 Å². The number of benzene rings is 2. The van der Waals surface area contributed by atoms with Crippen LogP contribution in [0.4, 0.5) is 10.1 Å². The zero-order chi connectivity index (χ0) is 14.1. The Morgan fingerprint density at radius 3 is 2.45 bits per heavy atom. The van der Waals surface area contributed by atoms with Crippen molar-refractivity contribution in [3.8, 4) is 0 Å². The van der Waals surface area contributed by atoms with E-state index in [0.29, 0.717) is 11.5 Å². The fraction of sp³-hybridized carbons (Fsp3) is 0.235. The molecule has 1 aliphatic rings. The van der Waals surface area contributed by atoms with Crippen molar-refractivity contribution in [2.24, 2.45) is 0 Å². The lowest BCUT2D eigenvalue weighted by atomic mass is 9.77. The number of rotatable bonds is 3. The van der Waals surface area contributed by atoms with Gasteiger partial charge in [-0.1, -0.05) is 36.8 Å². The number of hydrogen-bond acceptors (Lipinski definition) is 2. The van der Waals surface area contributed by atoms with E-state index in [-0.39, 0.29) is 17.0 Å². The van der Waals surface area contributed by atoms with E-state index in [1.165, 1.54) is 18.6 Å². The predicted molar refractivity (Wildman–Crippen MR) is 77.3 cm³/mol. The van der Waals surface area contributed by atoms with E-state index in [9.17, 15) is 9.18 Å². The van der Waals surface area contributed by atoms with Crippen LogP contribution in [0.5, 0.6) is 0 Å². The minimum atomic E-state index is -0.544. The minimum Gasteiger partial charge on any atom is -0.396 e. The Hall–Kier alpha value is -2.16. The number of carbonyl (C=O) groups excluding carboxylic acids is 1. The molecule has 2 aromatic rings. The summed E-state index contributed by atoms with van der Waals surface area (Å²) in [5, 5.41) is 0. The van der Waals surface area contributed by atoms with Gasteiger partial charge in [-0.15, -0.1) is 0 Å². The van der Waals surface area contributed by atoms with Crippen molar-refractivity contribution in [2.45, 2.75) is 25.2 Å². The van der Waals surface area contributed by atoms with Crippen molar-refractivity contribution in [1.29, 1.82) is 0 Å². The van der Waals surface area contributed by atoms with Crippen LogP contribution in [0.25, 0.3) is 0 Å². The molecule has 1 fully saturated rings. The molecule has 0 spiro atoms. The quantitative estimate of drug-likeness (QED) is 0.678. The van der Waals surface area contributed by atoms with Crippen LogP contribution in [0.15, 0.2) is 42.5 Å². The summed E-state index contributed by atoms with van der Waals surface area (Å²) in [5.74, 6) is -0.286. The maximum Gasteiger partial charge on any atom is 0.195 e. The number of nitrogens with two attached hydrogens (primary N) is 1. The Morgan fingerprint density at radius 2 is 1.75 bits per heavy atom. The van der Waals surface area contributed by atoms with E-state index >= 15 is 0 Å². The third-order valence-corrected chi connectivity index (χ3v) is 4.05. The van der Waals surface area contributed by atoms with Crippen molar-refractivity contribution in [2.75, 3.05) is 5.73 Å². The molecule has 0 bridgehead atoms. The van der Waals surface area contributed by atoms with E-state index in [2.05, 4.69) is 0 Å². The molecule has 0 heterocycles. The summed E-state index contributed by atoms with van der Waals surface area (Å²) in [6, 6.07) is 11.9. The zero-order valence-electron chi connectivity index (χ0n) is 11.1. The van der Waals surface area contributed by atoms with Crippen LogP contribution in [0, 0.1) is 5.82 Å². The maximum atomic E-state index is 13.5. The third-order valence-electron chi connectivity index (χ3n) is 4.05. The number of anilines is 1. The van der Waals surface area contributed by atoms with Gasteiger partial charge >= 0.3 is 0 Å². The summed E-state index contributed by atoms with van der Waals surface area (Å²) in [6.07, 6.45) is 3.43. The predicted octanol–water partition coefficient (Wildman–Crippen LogP) is 3.91. The van der Waals surface area contributed by atoms with E-state index in [0.717, 1.165) is 18.4 Å². The van der Waals surface area contributed by atoms with Crippen LogP contribution in [-0.4, -0.2) is 5.78 Å². The molecule has 0 amide bonds. The normalized spacial score (nSPS) is 14.8. The monoisotopic (exact) mass is 269 g/mol. The summed E-state index contributed by atoms with van der Waals surface area (Å²) in [6.45, 7) is 0. The number of nitrogen functional groups attached to an aromatic ring is 1. The molecule has 0 aromatic heterocycles. The van der Waals surface area contributed by atoms with Crippen LogP contribution in [0.1, 0.15) is 46.7 Å². The second-order valence-corrected chi connectivity index (χ2v) is 5.25. The first-order chi connectivity index (χ1) is 9.68. The third kappa shape index (κ3) is 2.09. The highest BCUT2D eigenvalue weighted by Gasteiger charge is 2.25. The molecule has 0 unspecified atom stereocenters. The fourth-order valence-electron chi connectivity index (χ4n) is 2.66. The van der Waals surface area contributed by atoms with Crippen molar-refractivity contribution < 1.29 is 9.18 Å². The molecule has 0 saturated heterocycles. The molecule has 2 aromatic carbocycles. The van der Waals surface area contributed by atoms with Gasteiger partial charge in [-0.2, -0.15) is 0 Å². The van der Waals surface area contributed by atoms with Gasteiger partial charge in [0.2, 0.25) is 0 Å². The van der Waals surface area contributed by atoms with Crippen molar-refractivity contribution >= 4 is 11.5 Å². The lowest BCUT2D eigenvalue weighted by Gasteiger charge is -2.27. The van der Waals surface area contributed by atoms with Crippen molar-refractivity contribution in [3.63, 3.8) is 0 Å². The Kier molecular flexibility index (Phi) is 3.26. The molecular weight excluding hydrogens is 253 g/mol. The SMILES string of the molecule is Nc1c(F)cccc1C(=O)c1ccccc1C1CCC1. The molecular formula is C17H16FNO. The highest BCUT2D eigenvalue weighted by atomic mass is 19.1. The average Bonchev–Trinajstić information content (AvgIpc) is 2.40. The molecule has 1 saturated carbocycles. The van der Waals surface area contributed by atoms with Gasteiger partial charge < -0.3 is 5.73 Å². The minimum absolute atomic E-state index is 0.0686. The largest absolute Gasteiger partial charge is 0.396 e. The zero-order valence-corrected chi connectivity index (χ0v) is 11.1. The first-order valence-electron chi connectivity index (χ1n) is 6.86. The number of carbonyl (C=O) groups is 1. The fourth-order valence-corrected chi connectivity index (χ4v) is 2.66. The number of hydrogen-bond donors (Lipinski definition) is 1. The lowest BCUT2D eigenvalue weighted by Crippen LogP contribution is -2.15. The average molecular weight is 269 g/mol. The summed E-state index contributed by atoms with van der Waals surface area (Å²) in [5.41, 5.74) is 7.59. The second-order valence-electron chi connectivity index (χ2n) is 5.25. The molecule has 20 heavy (non-hydrogen) atoms. The first-order valence-corrected chi connectivity index (χ1v) is 6.86. The maximum absolute atomic E-state index is 13.5. The molecule has 102 valence electrons. The van der Waals surface area contributed by atoms with Crippen LogP contribution in [-0.2, 0) is 0 Å². The molecule has 3 rings (SSSR count). The van der Waals surface area contributed by atoms with Crippen molar-refractivity contribution in [3.05, 3.63) is 65.0 Å². The Labute approximate surface area is 117 Å². The Bertz CT molecular complexity index is 662. The van der Waals surface area contributed by atoms with Gasteiger partial charge in [0, 0.05) is 11.1 Å². The van der Waals surface area contributed by atoms with Crippen LogP contribution < -0.4 is 5.73 Å². The van der Waals surface area contributed by atoms with E-state index in [1.807, 2.05) is 18.2 Å². The van der Waals surface area contributed by atoms with Gasteiger partial charge in [0.25, 0.3) is 0 Å². The van der Waals surface area contributed by atoms with Gasteiger partial charge in [0.15, 0.2) is 5.78 Å². The van der Waals surface area contributed by atoms with E-state index < -0.39 is 5.82 Å². The molecule has 1 aliphatic carbocycles. The van der Waals surface area contributed by atoms with Crippen LogP contribution in [0.3, 0.4) is 0 Å². The Morgan fingerprint density at radius 1 is 1.05 bits per heavy atom. The first kappa shape index (κ1) is 12.9. The van der Waals surface area contributed by atoms with E-state index in [4.69, 9.17) is 5.73 Å². The molecule has 0 radical (unpaired) electrons. The lowest BCUT2D eigenvalue weighted by molar-refractivity contribution is 0.103. The standard InChI is InChI=1S/C17H16FNO/c18-15-10-4-9-14(16(15)19)17(20)13-8-2-1-7-12(13)11-5-3-6-11/h1-2,4,7-11H,3,5-6,19H2. The topological polar surface area (TPSA) is 43.1 Å². The highest BCUT2D eigenvalue weighted by Crippen LogP contribution is 2.38. The summed E-state index contributed by atoms with van der Waals surface area (Å²) in [7, 11) is 0. The highest BCUT2D eigenvalue weighted by molar-refractivity contribution is 6.13. The van der Waals surface area contributed by atoms with E-state index in [1.54, 1.807) is 12.1 Å². The molecule has 0 aliphatic heterocycles. The number of halogens is 1. The van der Waals surface area contributed by atoms with Gasteiger partial charge in [-0.25, -0.2) is 4.39 Å². The summed E-state index contributed by atoms with van der Waals surface area (Å²) < 4.78 is 13.5. The van der Waals surface area contributed by atoms with Gasteiger partial charge in [0.05, 0.1) is 5.69 Å². The number of ketones is 1. The second kappa shape index (κ2) is 5.08. The van der Waals surface area contributed by atoms with Crippen LogP contribution in [0.2, 0.25) is 0 Å². The van der Waals surface area contributed by atoms with Crippen LogP contribution >= 0.6 is 0 Å². The summed E-state index contributed by atoms with van der Waals surface area (Å²) >= 11 is 0. The Balaban J connectivity index is 2.04. The summed E-state index contributed by atoms with van der Waals surface area (Å²) in [4.78, 5) is 12.6. The van der Waals surface area contributed by atoms with Gasteiger partial charge in [-0.05, 0) is 36.5 Å². The molecule has 2 N–H and O–H groups in total. The number of para-hydroxylation sites is 1.